The van der Waals surface area contributed by atoms with Crippen LogP contribution in [0.25, 0.3) is 16.5 Å². The molecule has 2 amide bonds. The average molecular weight is 870 g/mol. The van der Waals surface area contributed by atoms with Gasteiger partial charge in [-0.2, -0.15) is 0 Å². The predicted octanol–water partition coefficient (Wildman–Crippen LogP) is 12.9. The maximum Gasteiger partial charge on any atom is 0.419 e. The second-order valence-electron chi connectivity index (χ2n) is 15.6. The SMILES string of the molecule is CCCCCCCCCCCCCCN(C(=O)Oc1ccc(CSc2nnc(C)n2-c2ccccc2)cc1C(=O)OCC)c1cccc2c(O)c(C(=O)Nc3ccccc3)ccc12. The summed E-state index contributed by atoms with van der Waals surface area (Å²) in [5.74, 6) is 0.0118. The van der Waals surface area contributed by atoms with Crippen LogP contribution in [0.1, 0.15) is 123 Å². The molecule has 63 heavy (non-hydrogen) atoms. The number of carbonyl (C=O) groups excluding carboxylic acids is 3. The van der Waals surface area contributed by atoms with E-state index in [0.717, 1.165) is 36.3 Å². The Kier molecular flexibility index (Phi) is 17.6. The summed E-state index contributed by atoms with van der Waals surface area (Å²) in [6, 6.07) is 32.6. The summed E-state index contributed by atoms with van der Waals surface area (Å²) in [5.41, 5.74) is 3.08. The first kappa shape index (κ1) is 46.4. The van der Waals surface area contributed by atoms with E-state index in [1.54, 1.807) is 66.4 Å². The molecule has 1 aromatic heterocycles. The number of unbranched alkanes of at least 4 members (excludes halogenated alkanes) is 11. The maximum absolute atomic E-state index is 14.5. The molecule has 0 fully saturated rings. The molecule has 0 spiro atoms. The molecule has 1 heterocycles. The standard InChI is InChI=1S/C51H59N5O6S/c1-4-6-7-8-9-10-11-12-13-14-15-22-34-55(45-29-23-28-42-41(45)31-32-43(47(42)57)48(58)52-39-24-18-16-19-25-39)51(60)62-46-33-30-38(35-44(46)49(59)61-5-2)36-63-50-54-53-37(3)56(50)40-26-20-17-21-27-40/h16-21,23-33,35,57H,4-15,22,34,36H2,1-3H3,(H,52,58). The van der Waals surface area contributed by atoms with E-state index in [1.807, 2.05) is 66.1 Å². The van der Waals surface area contributed by atoms with Crippen LogP contribution in [0.4, 0.5) is 16.2 Å². The number of nitrogens with zero attached hydrogens (tertiary/aromatic N) is 4. The number of benzene rings is 5. The van der Waals surface area contributed by atoms with E-state index in [1.165, 1.54) is 63.1 Å². The molecule has 6 aromatic rings. The predicted molar refractivity (Wildman–Crippen MR) is 253 cm³/mol. The van der Waals surface area contributed by atoms with Gasteiger partial charge in [0.2, 0.25) is 0 Å². The number of amides is 2. The van der Waals surface area contributed by atoms with Crippen molar-refractivity contribution in [3.8, 4) is 17.2 Å². The van der Waals surface area contributed by atoms with Crippen molar-refractivity contribution >= 4 is 51.9 Å². The number of esters is 1. The van der Waals surface area contributed by atoms with Gasteiger partial charge >= 0.3 is 12.1 Å². The molecule has 11 nitrogen and oxygen atoms in total. The molecule has 330 valence electrons. The average Bonchev–Trinajstić information content (AvgIpc) is 3.67. The number of nitrogens with one attached hydrogen (secondary N) is 1. The Bertz CT molecular complexity index is 2420. The smallest absolute Gasteiger partial charge is 0.419 e. The zero-order chi connectivity index (χ0) is 44.4. The molecule has 0 atom stereocenters. The molecule has 12 heteroatoms. The molecule has 2 N–H and O–H groups in total. The highest BCUT2D eigenvalue weighted by Gasteiger charge is 2.25. The van der Waals surface area contributed by atoms with Crippen LogP contribution in [0.3, 0.4) is 0 Å². The Morgan fingerprint density at radius 2 is 1.38 bits per heavy atom. The number of rotatable bonds is 23. The van der Waals surface area contributed by atoms with Gasteiger partial charge in [-0.15, -0.1) is 10.2 Å². The molecule has 5 aromatic carbocycles. The molecule has 0 unspecified atom stereocenters. The molecule has 0 bridgehead atoms. The van der Waals surface area contributed by atoms with Crippen LogP contribution in [-0.2, 0) is 10.5 Å². The number of phenols is 1. The monoisotopic (exact) mass is 869 g/mol. The summed E-state index contributed by atoms with van der Waals surface area (Å²) in [6.45, 7) is 6.34. The summed E-state index contributed by atoms with van der Waals surface area (Å²) in [6.07, 6.45) is 13.3. The molecule has 0 aliphatic rings. The number of carbonyl (C=O) groups is 3. The van der Waals surface area contributed by atoms with Gasteiger partial charge in [-0.3, -0.25) is 14.3 Å². The molecule has 0 aliphatic carbocycles. The summed E-state index contributed by atoms with van der Waals surface area (Å²) in [4.78, 5) is 42.8. The van der Waals surface area contributed by atoms with Crippen molar-refractivity contribution < 1.29 is 29.0 Å². The van der Waals surface area contributed by atoms with Crippen LogP contribution >= 0.6 is 11.8 Å². The first-order valence-corrected chi connectivity index (χ1v) is 23.3. The molecular weight excluding hydrogens is 811 g/mol. The number of aromatic hydroxyl groups is 1. The zero-order valence-electron chi connectivity index (χ0n) is 36.7. The van der Waals surface area contributed by atoms with Crippen LogP contribution in [0, 0.1) is 6.92 Å². The number of hydrogen-bond donors (Lipinski definition) is 2. The molecule has 0 aliphatic heterocycles. The van der Waals surface area contributed by atoms with Gasteiger partial charge in [-0.05, 0) is 74.4 Å². The van der Waals surface area contributed by atoms with E-state index in [2.05, 4.69) is 22.4 Å². The van der Waals surface area contributed by atoms with E-state index in [9.17, 15) is 19.5 Å². The Labute approximate surface area is 375 Å². The van der Waals surface area contributed by atoms with Gasteiger partial charge in [0.15, 0.2) is 5.16 Å². The minimum Gasteiger partial charge on any atom is -0.506 e. The number of aromatic nitrogens is 3. The lowest BCUT2D eigenvalue weighted by Crippen LogP contribution is -2.35. The normalized spacial score (nSPS) is 11.1. The second kappa shape index (κ2) is 23.9. The van der Waals surface area contributed by atoms with Gasteiger partial charge in [0, 0.05) is 34.4 Å². The van der Waals surface area contributed by atoms with Gasteiger partial charge in [-0.25, -0.2) is 9.59 Å². The van der Waals surface area contributed by atoms with Crippen molar-refractivity contribution in [1.82, 2.24) is 14.8 Å². The lowest BCUT2D eigenvalue weighted by molar-refractivity contribution is 0.0523. The summed E-state index contributed by atoms with van der Waals surface area (Å²) < 4.78 is 13.5. The summed E-state index contributed by atoms with van der Waals surface area (Å²) in [5, 5.41) is 24.7. The number of phenolic OH excluding ortho intramolecular Hbond substituents is 1. The molecular formula is C51H59N5O6S. The van der Waals surface area contributed by atoms with Gasteiger partial charge in [0.1, 0.15) is 22.9 Å². The van der Waals surface area contributed by atoms with Crippen LogP contribution < -0.4 is 15.0 Å². The third kappa shape index (κ3) is 12.7. The van der Waals surface area contributed by atoms with Crippen molar-refractivity contribution in [1.29, 1.82) is 0 Å². The van der Waals surface area contributed by atoms with E-state index in [-0.39, 0.29) is 29.2 Å². The van der Waals surface area contributed by atoms with Crippen LogP contribution in [0.15, 0.2) is 114 Å². The molecule has 0 saturated carbocycles. The lowest BCUT2D eigenvalue weighted by atomic mass is 10.0. The van der Waals surface area contributed by atoms with Crippen molar-refractivity contribution in [2.45, 2.75) is 109 Å². The fourth-order valence-electron chi connectivity index (χ4n) is 7.62. The Hall–Kier alpha value is -6.14. The highest BCUT2D eigenvalue weighted by atomic mass is 32.2. The number of para-hydroxylation sites is 2. The van der Waals surface area contributed by atoms with E-state index >= 15 is 0 Å². The number of anilines is 2. The summed E-state index contributed by atoms with van der Waals surface area (Å²) >= 11 is 1.47. The highest BCUT2D eigenvalue weighted by molar-refractivity contribution is 7.98. The second-order valence-corrected chi connectivity index (χ2v) is 16.5. The first-order chi connectivity index (χ1) is 30.8. The maximum atomic E-state index is 14.5. The fourth-order valence-corrected chi connectivity index (χ4v) is 8.56. The number of ether oxygens (including phenoxy) is 2. The Morgan fingerprint density at radius 3 is 2.06 bits per heavy atom. The topological polar surface area (TPSA) is 136 Å². The highest BCUT2D eigenvalue weighted by Crippen LogP contribution is 2.36. The Morgan fingerprint density at radius 1 is 0.714 bits per heavy atom. The zero-order valence-corrected chi connectivity index (χ0v) is 37.5. The fraction of sp³-hybridized carbons (Fsp3) is 0.353. The van der Waals surface area contributed by atoms with Gasteiger partial charge in [-0.1, -0.05) is 150 Å². The van der Waals surface area contributed by atoms with Crippen LogP contribution in [0.2, 0.25) is 0 Å². The number of thioether (sulfide) groups is 1. The minimum absolute atomic E-state index is 0.0677. The van der Waals surface area contributed by atoms with Gasteiger partial charge < -0.3 is 19.9 Å². The summed E-state index contributed by atoms with van der Waals surface area (Å²) in [7, 11) is 0. The molecule has 0 radical (unpaired) electrons. The first-order valence-electron chi connectivity index (χ1n) is 22.3. The molecule has 0 saturated heterocycles. The Balaban J connectivity index is 1.21. The van der Waals surface area contributed by atoms with Crippen molar-refractivity contribution in [3.05, 3.63) is 132 Å². The van der Waals surface area contributed by atoms with E-state index in [4.69, 9.17) is 9.47 Å². The third-order valence-electron chi connectivity index (χ3n) is 10.9. The van der Waals surface area contributed by atoms with Crippen molar-refractivity contribution in [2.24, 2.45) is 0 Å². The van der Waals surface area contributed by atoms with Crippen molar-refractivity contribution in [3.63, 3.8) is 0 Å². The van der Waals surface area contributed by atoms with Gasteiger partial charge in [0.05, 0.1) is 17.9 Å². The lowest BCUT2D eigenvalue weighted by Gasteiger charge is -2.25. The van der Waals surface area contributed by atoms with Crippen molar-refractivity contribution in [2.75, 3.05) is 23.4 Å². The number of hydrogen-bond acceptors (Lipinski definition) is 9. The number of aryl methyl sites for hydroxylation is 1. The van der Waals surface area contributed by atoms with E-state index < -0.39 is 18.0 Å². The number of fused-ring (bicyclic) bond motifs is 1. The third-order valence-corrected chi connectivity index (χ3v) is 11.9. The van der Waals surface area contributed by atoms with Crippen LogP contribution in [-0.4, -0.2) is 51.0 Å². The quantitative estimate of drug-likeness (QED) is 0.0366. The van der Waals surface area contributed by atoms with Gasteiger partial charge in [0.25, 0.3) is 5.91 Å². The van der Waals surface area contributed by atoms with Crippen LogP contribution in [0.5, 0.6) is 11.5 Å². The molecule has 6 rings (SSSR count). The van der Waals surface area contributed by atoms with E-state index in [0.29, 0.717) is 46.0 Å². The largest absolute Gasteiger partial charge is 0.506 e. The minimum atomic E-state index is -0.685.